The first-order chi connectivity index (χ1) is 10.4. The Balaban J connectivity index is 2.52. The second-order valence-corrected chi connectivity index (χ2v) is 8.30. The molecule has 0 aliphatic carbocycles. The van der Waals surface area contributed by atoms with E-state index in [0.717, 1.165) is 17.8 Å². The van der Waals surface area contributed by atoms with Gasteiger partial charge in [-0.2, -0.15) is 0 Å². The van der Waals surface area contributed by atoms with Crippen LogP contribution in [-0.2, 0) is 9.05 Å². The second-order valence-electron chi connectivity index (χ2n) is 4.54. The number of methoxy groups -OCH3 is 1. The average molecular weight is 362 g/mol. The number of halogens is 1. The second kappa shape index (κ2) is 6.85. The lowest BCUT2D eigenvalue weighted by Gasteiger charge is -2.10. The smallest absolute Gasteiger partial charge is 0.272 e. The van der Waals surface area contributed by atoms with Gasteiger partial charge in [-0.25, -0.2) is 13.4 Å². The largest absolute Gasteiger partial charge is 0.497 e. The number of nitrogens with zero attached hydrogens (tertiary/aromatic N) is 1. The monoisotopic (exact) mass is 361 g/mol. The zero-order chi connectivity index (χ0) is 16.3. The van der Waals surface area contributed by atoms with Gasteiger partial charge in [0, 0.05) is 16.7 Å². The molecule has 22 heavy (non-hydrogen) atoms. The minimum atomic E-state index is -3.80. The van der Waals surface area contributed by atoms with Gasteiger partial charge >= 0.3 is 0 Å². The van der Waals surface area contributed by atoms with E-state index < -0.39 is 9.05 Å². The number of hydrogen-bond acceptors (Lipinski definition) is 6. The van der Waals surface area contributed by atoms with Gasteiger partial charge in [-0.05, 0) is 25.5 Å². The topological polar surface area (TPSA) is 65.5 Å². The number of thiazole rings is 1. The molecule has 0 aliphatic rings. The number of aromatic nitrogens is 1. The Morgan fingerprint density at radius 1 is 1.36 bits per heavy atom. The molecule has 0 saturated carbocycles. The SMILES string of the molecule is CCCOc1cc(OC)ccc1-c1nc(C)c(S(=O)(=O)Cl)s1. The third kappa shape index (κ3) is 3.71. The van der Waals surface area contributed by atoms with E-state index in [-0.39, 0.29) is 4.21 Å². The summed E-state index contributed by atoms with van der Waals surface area (Å²) in [6, 6.07) is 5.34. The van der Waals surface area contributed by atoms with Crippen LogP contribution in [0.25, 0.3) is 10.6 Å². The van der Waals surface area contributed by atoms with Crippen molar-refractivity contribution in [1.82, 2.24) is 4.98 Å². The van der Waals surface area contributed by atoms with Crippen LogP contribution in [0.5, 0.6) is 11.5 Å². The predicted octanol–water partition coefficient (Wildman–Crippen LogP) is 3.84. The van der Waals surface area contributed by atoms with Gasteiger partial charge < -0.3 is 9.47 Å². The molecule has 8 heteroatoms. The summed E-state index contributed by atoms with van der Waals surface area (Å²) < 4.78 is 34.1. The van der Waals surface area contributed by atoms with Gasteiger partial charge in [0.15, 0.2) is 4.21 Å². The molecule has 120 valence electrons. The van der Waals surface area contributed by atoms with Gasteiger partial charge in [-0.15, -0.1) is 11.3 Å². The summed E-state index contributed by atoms with van der Waals surface area (Å²) >= 11 is 1.03. The third-order valence-corrected chi connectivity index (χ3v) is 6.23. The van der Waals surface area contributed by atoms with Crippen LogP contribution in [-0.4, -0.2) is 27.1 Å². The van der Waals surface area contributed by atoms with Gasteiger partial charge in [0.2, 0.25) is 0 Å². The lowest BCUT2D eigenvalue weighted by molar-refractivity contribution is 0.316. The molecular weight excluding hydrogens is 346 g/mol. The molecular formula is C14H16ClNO4S2. The van der Waals surface area contributed by atoms with Crippen LogP contribution in [0.4, 0.5) is 0 Å². The van der Waals surface area contributed by atoms with E-state index in [1.165, 1.54) is 0 Å². The maximum Gasteiger partial charge on any atom is 0.272 e. The molecule has 2 rings (SSSR count). The van der Waals surface area contributed by atoms with Crippen molar-refractivity contribution in [3.8, 4) is 22.1 Å². The summed E-state index contributed by atoms with van der Waals surface area (Å²) in [5.41, 5.74) is 1.10. The van der Waals surface area contributed by atoms with E-state index >= 15 is 0 Å². The van der Waals surface area contributed by atoms with E-state index in [0.29, 0.717) is 34.4 Å². The van der Waals surface area contributed by atoms with Crippen molar-refractivity contribution in [3.05, 3.63) is 23.9 Å². The van der Waals surface area contributed by atoms with Gasteiger partial charge in [-0.1, -0.05) is 6.92 Å². The summed E-state index contributed by atoms with van der Waals surface area (Å²) in [6.07, 6.45) is 0.856. The molecule has 2 aromatic rings. The highest BCUT2D eigenvalue weighted by Crippen LogP contribution is 2.39. The van der Waals surface area contributed by atoms with Gasteiger partial charge in [0.25, 0.3) is 9.05 Å². The molecule has 0 atom stereocenters. The van der Waals surface area contributed by atoms with E-state index in [4.69, 9.17) is 20.2 Å². The summed E-state index contributed by atoms with van der Waals surface area (Å²) in [7, 11) is 3.20. The number of benzene rings is 1. The van der Waals surface area contributed by atoms with Crippen LogP contribution in [0.15, 0.2) is 22.4 Å². The maximum absolute atomic E-state index is 11.5. The number of aryl methyl sites for hydroxylation is 1. The van der Waals surface area contributed by atoms with E-state index in [1.807, 2.05) is 6.92 Å². The number of rotatable bonds is 6. The Morgan fingerprint density at radius 3 is 2.64 bits per heavy atom. The molecule has 0 N–H and O–H groups in total. The van der Waals surface area contributed by atoms with E-state index in [9.17, 15) is 8.42 Å². The molecule has 0 unspecified atom stereocenters. The normalized spacial score (nSPS) is 11.5. The summed E-state index contributed by atoms with van der Waals surface area (Å²) in [4.78, 5) is 4.31. The Labute approximate surface area is 138 Å². The zero-order valence-electron chi connectivity index (χ0n) is 12.4. The van der Waals surface area contributed by atoms with Crippen LogP contribution in [0.1, 0.15) is 19.0 Å². The molecule has 0 radical (unpaired) electrons. The maximum atomic E-state index is 11.5. The van der Waals surface area contributed by atoms with Crippen LogP contribution in [0.3, 0.4) is 0 Å². The fourth-order valence-electron chi connectivity index (χ4n) is 1.86. The number of ether oxygens (including phenoxy) is 2. The minimum absolute atomic E-state index is 0.0569. The molecule has 1 aromatic carbocycles. The molecule has 5 nitrogen and oxygen atoms in total. The van der Waals surface area contributed by atoms with Crippen LogP contribution < -0.4 is 9.47 Å². The quantitative estimate of drug-likeness (QED) is 0.731. The van der Waals surface area contributed by atoms with Crippen molar-refractivity contribution in [1.29, 1.82) is 0 Å². The molecule has 0 amide bonds. The first-order valence-corrected chi connectivity index (χ1v) is 9.72. The van der Waals surface area contributed by atoms with Crippen molar-refractivity contribution in [2.45, 2.75) is 24.5 Å². The molecule has 1 heterocycles. The standard InChI is InChI=1S/C14H16ClNO4S2/c1-4-7-20-12-8-10(19-3)5-6-11(12)13-16-9(2)14(21-13)22(15,17)18/h5-6,8H,4,7H2,1-3H3. The van der Waals surface area contributed by atoms with Crippen molar-refractivity contribution in [2.75, 3.05) is 13.7 Å². The zero-order valence-corrected chi connectivity index (χ0v) is 14.8. The Kier molecular flexibility index (Phi) is 5.31. The van der Waals surface area contributed by atoms with Crippen LogP contribution >= 0.6 is 22.0 Å². The molecule has 0 saturated heterocycles. The van der Waals surface area contributed by atoms with E-state index in [2.05, 4.69) is 4.98 Å². The fourth-order valence-corrected chi connectivity index (χ4v) is 4.34. The highest BCUT2D eigenvalue weighted by atomic mass is 35.7. The number of hydrogen-bond donors (Lipinski definition) is 0. The van der Waals surface area contributed by atoms with Crippen molar-refractivity contribution in [2.24, 2.45) is 0 Å². The van der Waals surface area contributed by atoms with Crippen LogP contribution in [0.2, 0.25) is 0 Å². The minimum Gasteiger partial charge on any atom is -0.497 e. The predicted molar refractivity (Wildman–Crippen MR) is 87.7 cm³/mol. The first kappa shape index (κ1) is 17.1. The highest BCUT2D eigenvalue weighted by molar-refractivity contribution is 8.15. The average Bonchev–Trinajstić information content (AvgIpc) is 2.86. The van der Waals surface area contributed by atoms with Gasteiger partial charge in [0.1, 0.15) is 16.5 Å². The van der Waals surface area contributed by atoms with Crippen LogP contribution in [0, 0.1) is 6.92 Å². The van der Waals surface area contributed by atoms with Gasteiger partial charge in [0.05, 0.1) is 25.0 Å². The van der Waals surface area contributed by atoms with E-state index in [1.54, 1.807) is 32.2 Å². The Hall–Kier alpha value is -1.31. The summed E-state index contributed by atoms with van der Waals surface area (Å²) in [5, 5.41) is 0.547. The first-order valence-electron chi connectivity index (χ1n) is 6.60. The Morgan fingerprint density at radius 2 is 2.09 bits per heavy atom. The van der Waals surface area contributed by atoms with Crippen molar-refractivity contribution < 1.29 is 17.9 Å². The fraction of sp³-hybridized carbons (Fsp3) is 0.357. The molecule has 0 fully saturated rings. The lowest BCUT2D eigenvalue weighted by Crippen LogP contribution is -1.97. The summed E-state index contributed by atoms with van der Waals surface area (Å²) in [5.74, 6) is 1.27. The van der Waals surface area contributed by atoms with Crippen molar-refractivity contribution >= 4 is 31.1 Å². The summed E-state index contributed by atoms with van der Waals surface area (Å²) in [6.45, 7) is 4.17. The van der Waals surface area contributed by atoms with Gasteiger partial charge in [-0.3, -0.25) is 0 Å². The Bertz CT molecular complexity index is 771. The highest BCUT2D eigenvalue weighted by Gasteiger charge is 2.21. The molecule has 1 aromatic heterocycles. The third-order valence-electron chi connectivity index (χ3n) is 2.86. The molecule has 0 aliphatic heterocycles. The molecule has 0 bridgehead atoms. The van der Waals surface area contributed by atoms with Crippen molar-refractivity contribution in [3.63, 3.8) is 0 Å². The lowest BCUT2D eigenvalue weighted by atomic mass is 10.2. The molecule has 0 spiro atoms.